The molecule has 0 fully saturated rings. The third-order valence-corrected chi connectivity index (χ3v) is 2.01. The van der Waals surface area contributed by atoms with Crippen LogP contribution in [0.5, 0.6) is 0 Å². The molecule has 1 N–H and O–H groups in total. The van der Waals surface area contributed by atoms with Gasteiger partial charge in [0.25, 0.3) is 0 Å². The average molecular weight is 255 g/mol. The number of alkyl halides is 3. The summed E-state index contributed by atoms with van der Waals surface area (Å²) in [5, 5.41) is -0.455. The minimum absolute atomic E-state index is 0. The third kappa shape index (κ3) is 2.25. The number of aromatic amines is 1. The van der Waals surface area contributed by atoms with Crippen LogP contribution in [0, 0.1) is 6.33 Å². The maximum Gasteiger partial charge on any atom is 1.00 e. The number of nitrogens with one attached hydrogen (secondary N) is 1. The molecular formula is C8H5F3KN3O. The van der Waals surface area contributed by atoms with E-state index in [1.807, 2.05) is 4.98 Å². The molecule has 0 aliphatic heterocycles. The molecule has 0 amide bonds. The zero-order valence-electron chi connectivity index (χ0n) is 8.51. The van der Waals surface area contributed by atoms with E-state index in [4.69, 9.17) is 0 Å². The Balaban J connectivity index is 0.00000128. The molecular weight excluding hydrogens is 250 g/mol. The van der Waals surface area contributed by atoms with E-state index in [1.165, 1.54) is 7.05 Å². The Hall–Kier alpha value is -0.154. The minimum Gasteiger partial charge on any atom is -0.420 e. The monoisotopic (exact) mass is 255 g/mol. The zero-order chi connectivity index (χ0) is 11.2. The van der Waals surface area contributed by atoms with E-state index in [0.29, 0.717) is 0 Å². The second-order valence-corrected chi connectivity index (χ2v) is 3.03. The van der Waals surface area contributed by atoms with Gasteiger partial charge in [0, 0.05) is 18.2 Å². The molecule has 0 aromatic carbocycles. The van der Waals surface area contributed by atoms with Gasteiger partial charge in [-0.3, -0.25) is 0 Å². The van der Waals surface area contributed by atoms with Gasteiger partial charge in [-0.05, 0) is 12.4 Å². The number of hydrogen-bond donors (Lipinski definition) is 1. The summed E-state index contributed by atoms with van der Waals surface area (Å²) in [6, 6.07) is 0. The standard InChI is InChI=1S/C8H5F3N3O.K/c1-14-2-4(8(9,10)11)5-6(14)12-3-13-7(5)15;/h2H,1H3,(H,12,13,15);/q-1;+1. The zero-order valence-corrected chi connectivity index (χ0v) is 11.6. The smallest absolute Gasteiger partial charge is 0.420 e. The molecule has 0 atom stereocenters. The van der Waals surface area contributed by atoms with Crippen molar-refractivity contribution in [1.82, 2.24) is 14.5 Å². The molecule has 2 aromatic heterocycles. The van der Waals surface area contributed by atoms with Gasteiger partial charge in [-0.1, -0.05) is 0 Å². The van der Waals surface area contributed by atoms with Crippen molar-refractivity contribution in [2.45, 2.75) is 6.18 Å². The summed E-state index contributed by atoms with van der Waals surface area (Å²) in [4.78, 5) is 16.8. The molecule has 0 saturated carbocycles. The van der Waals surface area contributed by atoms with Crippen molar-refractivity contribution in [2.24, 2.45) is 7.05 Å². The number of H-pyrrole nitrogens is 1. The van der Waals surface area contributed by atoms with Crippen LogP contribution in [0.4, 0.5) is 13.2 Å². The Kier molecular flexibility index (Phi) is 4.01. The van der Waals surface area contributed by atoms with Crippen LogP contribution in [0.25, 0.3) is 11.0 Å². The minimum atomic E-state index is -4.56. The molecule has 0 aliphatic rings. The normalized spacial score (nSPS) is 11.5. The molecule has 0 unspecified atom stereocenters. The number of nitrogens with zero attached hydrogens (tertiary/aromatic N) is 2. The Labute approximate surface area is 130 Å². The summed E-state index contributed by atoms with van der Waals surface area (Å²) in [5.41, 5.74) is -1.86. The first-order valence-corrected chi connectivity index (χ1v) is 3.94. The van der Waals surface area contributed by atoms with Crippen LogP contribution in [0.2, 0.25) is 0 Å². The summed E-state index contributed by atoms with van der Waals surface area (Å²) in [6.45, 7) is 0. The number of rotatable bonds is 0. The fraction of sp³-hybridized carbons (Fsp3) is 0.250. The summed E-state index contributed by atoms with van der Waals surface area (Å²) in [6.07, 6.45) is -1.59. The largest absolute Gasteiger partial charge is 1.00 e. The Morgan fingerprint density at radius 3 is 2.69 bits per heavy atom. The van der Waals surface area contributed by atoms with Gasteiger partial charge in [0.1, 0.15) is 5.56 Å². The van der Waals surface area contributed by atoms with Crippen LogP contribution in [0.15, 0.2) is 11.0 Å². The molecule has 80 valence electrons. The van der Waals surface area contributed by atoms with Crippen molar-refractivity contribution in [3.63, 3.8) is 0 Å². The van der Waals surface area contributed by atoms with Crippen LogP contribution < -0.4 is 56.9 Å². The molecule has 8 heteroatoms. The third-order valence-electron chi connectivity index (χ3n) is 2.01. The topological polar surface area (TPSA) is 50.7 Å². The second kappa shape index (κ2) is 4.61. The molecule has 0 radical (unpaired) electrons. The Bertz CT molecular complexity index is 572. The van der Waals surface area contributed by atoms with E-state index in [2.05, 4.69) is 11.3 Å². The van der Waals surface area contributed by atoms with Crippen LogP contribution >= 0.6 is 0 Å². The first-order valence-electron chi connectivity index (χ1n) is 3.94. The number of fused-ring (bicyclic) bond motifs is 1. The summed E-state index contributed by atoms with van der Waals surface area (Å²) in [7, 11) is 1.39. The van der Waals surface area contributed by atoms with Gasteiger partial charge in [0.2, 0.25) is 0 Å². The van der Waals surface area contributed by atoms with Gasteiger partial charge < -0.3 is 19.3 Å². The molecule has 2 rings (SSSR count). The van der Waals surface area contributed by atoms with Gasteiger partial charge in [-0.25, -0.2) is 0 Å². The van der Waals surface area contributed by atoms with Crippen molar-refractivity contribution < 1.29 is 64.6 Å². The fourth-order valence-electron chi connectivity index (χ4n) is 1.38. The first-order chi connectivity index (χ1) is 6.91. The summed E-state index contributed by atoms with van der Waals surface area (Å²) >= 11 is 0. The second-order valence-electron chi connectivity index (χ2n) is 3.03. The van der Waals surface area contributed by atoms with Crippen LogP contribution in [-0.4, -0.2) is 14.5 Å². The molecule has 16 heavy (non-hydrogen) atoms. The van der Waals surface area contributed by atoms with Crippen molar-refractivity contribution in [1.29, 1.82) is 0 Å². The van der Waals surface area contributed by atoms with Crippen LogP contribution in [0.1, 0.15) is 5.56 Å². The van der Waals surface area contributed by atoms with E-state index in [-0.39, 0.29) is 57.0 Å². The van der Waals surface area contributed by atoms with Crippen molar-refractivity contribution in [2.75, 3.05) is 0 Å². The van der Waals surface area contributed by atoms with Gasteiger partial charge in [-0.15, -0.1) is 0 Å². The first kappa shape index (κ1) is 13.9. The van der Waals surface area contributed by atoms with Crippen molar-refractivity contribution >= 4 is 11.0 Å². The van der Waals surface area contributed by atoms with Crippen molar-refractivity contribution in [3.05, 3.63) is 28.4 Å². The van der Waals surface area contributed by atoms with E-state index in [1.54, 1.807) is 0 Å². The van der Waals surface area contributed by atoms with E-state index in [0.717, 1.165) is 10.8 Å². The SMILES string of the molecule is Cn1cc(C(F)(F)F)c2c(=O)[nH][c-]nc21.[K+]. The number of hydrogen-bond acceptors (Lipinski definition) is 2. The van der Waals surface area contributed by atoms with Crippen LogP contribution in [0.3, 0.4) is 0 Å². The number of halogens is 3. The van der Waals surface area contributed by atoms with Gasteiger partial charge in [0.05, 0.1) is 5.56 Å². The van der Waals surface area contributed by atoms with Gasteiger partial charge in [0.15, 0.2) is 0 Å². The van der Waals surface area contributed by atoms with E-state index >= 15 is 0 Å². The van der Waals surface area contributed by atoms with E-state index in [9.17, 15) is 18.0 Å². The molecule has 0 aliphatic carbocycles. The van der Waals surface area contributed by atoms with Gasteiger partial charge in [-0.2, -0.15) is 13.2 Å². The Morgan fingerprint density at radius 2 is 2.12 bits per heavy atom. The number of aromatic nitrogens is 3. The van der Waals surface area contributed by atoms with Crippen LogP contribution in [-0.2, 0) is 13.2 Å². The van der Waals surface area contributed by atoms with Gasteiger partial charge >= 0.3 is 57.6 Å². The maximum atomic E-state index is 12.5. The predicted octanol–water partition coefficient (Wildman–Crippen LogP) is -1.92. The van der Waals surface area contributed by atoms with Crippen molar-refractivity contribution in [3.8, 4) is 0 Å². The molecule has 0 spiro atoms. The summed E-state index contributed by atoms with van der Waals surface area (Å²) < 4.78 is 38.7. The fourth-order valence-corrected chi connectivity index (χ4v) is 1.38. The Morgan fingerprint density at radius 1 is 1.50 bits per heavy atom. The molecule has 2 heterocycles. The summed E-state index contributed by atoms with van der Waals surface area (Å²) in [5.74, 6) is 0. The molecule has 0 saturated heterocycles. The average Bonchev–Trinajstić information content (AvgIpc) is 2.45. The molecule has 0 bridgehead atoms. The van der Waals surface area contributed by atoms with E-state index < -0.39 is 22.7 Å². The quantitative estimate of drug-likeness (QED) is 0.441. The number of aryl methyl sites for hydroxylation is 1. The maximum absolute atomic E-state index is 12.5. The predicted molar refractivity (Wildman–Crippen MR) is 45.2 cm³/mol. The molecule has 4 nitrogen and oxygen atoms in total. The molecule has 2 aromatic rings.